The molecular weight excluding hydrogens is 210 g/mol. The summed E-state index contributed by atoms with van der Waals surface area (Å²) in [4.78, 5) is 0. The predicted octanol–water partition coefficient (Wildman–Crippen LogP) is 2.42. The van der Waals surface area contributed by atoms with Gasteiger partial charge in [0, 0.05) is 0 Å². The highest BCUT2D eigenvalue weighted by Crippen LogP contribution is 2.34. The molecule has 0 aromatic heterocycles. The number of hydrogen-bond donors (Lipinski definition) is 2. The first-order valence-electron chi connectivity index (χ1n) is 6.88. The van der Waals surface area contributed by atoms with Crippen molar-refractivity contribution in [2.75, 3.05) is 13.1 Å². The summed E-state index contributed by atoms with van der Waals surface area (Å²) in [7, 11) is 0. The average Bonchev–Trinajstić information content (AvgIpc) is 2.83. The zero-order valence-electron chi connectivity index (χ0n) is 10.3. The molecule has 3 rings (SSSR count). The first kappa shape index (κ1) is 11.1. The first-order chi connectivity index (χ1) is 8.34. The van der Waals surface area contributed by atoms with Gasteiger partial charge in [0.15, 0.2) is 0 Å². The minimum Gasteiger partial charge on any atom is -0.507 e. The summed E-state index contributed by atoms with van der Waals surface area (Å²) in [5.41, 5.74) is 3.78. The van der Waals surface area contributed by atoms with E-state index in [1.807, 2.05) is 0 Å². The lowest BCUT2D eigenvalue weighted by atomic mass is 9.89. The van der Waals surface area contributed by atoms with E-state index >= 15 is 0 Å². The van der Waals surface area contributed by atoms with E-state index in [0.29, 0.717) is 5.75 Å². The molecule has 17 heavy (non-hydrogen) atoms. The molecule has 1 aliphatic carbocycles. The van der Waals surface area contributed by atoms with E-state index in [4.69, 9.17) is 0 Å². The molecule has 92 valence electrons. The topological polar surface area (TPSA) is 32.3 Å². The van der Waals surface area contributed by atoms with Crippen molar-refractivity contribution < 1.29 is 5.11 Å². The number of aryl methyl sites for hydroxylation is 1. The van der Waals surface area contributed by atoms with Gasteiger partial charge in [-0.2, -0.15) is 0 Å². The molecule has 1 aliphatic heterocycles. The maximum Gasteiger partial charge on any atom is 0.122 e. The summed E-state index contributed by atoms with van der Waals surface area (Å²) in [5, 5.41) is 13.7. The Balaban J connectivity index is 1.78. The van der Waals surface area contributed by atoms with Gasteiger partial charge >= 0.3 is 0 Å². The third kappa shape index (κ3) is 2.19. The lowest BCUT2D eigenvalue weighted by Gasteiger charge is -2.23. The Morgan fingerprint density at radius 1 is 1.18 bits per heavy atom. The number of benzene rings is 1. The molecule has 1 heterocycles. The molecule has 1 aromatic rings. The Morgan fingerprint density at radius 3 is 2.82 bits per heavy atom. The molecule has 2 aliphatic rings. The number of fused-ring (bicyclic) bond motifs is 1. The van der Waals surface area contributed by atoms with E-state index in [1.165, 1.54) is 36.0 Å². The molecule has 0 saturated carbocycles. The SMILES string of the molecule is Oc1c(CC2CCNCC2)ccc2c1CCC2. The van der Waals surface area contributed by atoms with E-state index in [-0.39, 0.29) is 0 Å². The summed E-state index contributed by atoms with van der Waals surface area (Å²) < 4.78 is 0. The van der Waals surface area contributed by atoms with Crippen LogP contribution in [0, 0.1) is 5.92 Å². The van der Waals surface area contributed by atoms with Gasteiger partial charge in [-0.25, -0.2) is 0 Å². The van der Waals surface area contributed by atoms with Crippen LogP contribution in [0.2, 0.25) is 0 Å². The van der Waals surface area contributed by atoms with Crippen molar-refractivity contribution in [2.45, 2.75) is 38.5 Å². The van der Waals surface area contributed by atoms with E-state index in [2.05, 4.69) is 17.4 Å². The van der Waals surface area contributed by atoms with Crippen LogP contribution in [0.5, 0.6) is 5.75 Å². The summed E-state index contributed by atoms with van der Waals surface area (Å²) in [6.07, 6.45) is 6.98. The third-order valence-corrected chi connectivity index (χ3v) is 4.30. The van der Waals surface area contributed by atoms with Crippen molar-refractivity contribution in [2.24, 2.45) is 5.92 Å². The average molecular weight is 231 g/mol. The Bertz CT molecular complexity index is 408. The van der Waals surface area contributed by atoms with Gasteiger partial charge < -0.3 is 10.4 Å². The monoisotopic (exact) mass is 231 g/mol. The Hall–Kier alpha value is -1.02. The molecule has 0 radical (unpaired) electrons. The fraction of sp³-hybridized carbons (Fsp3) is 0.600. The first-order valence-corrected chi connectivity index (χ1v) is 6.88. The molecule has 2 N–H and O–H groups in total. The smallest absolute Gasteiger partial charge is 0.122 e. The lowest BCUT2D eigenvalue weighted by molar-refractivity contribution is 0.366. The fourth-order valence-corrected chi connectivity index (χ4v) is 3.26. The summed E-state index contributed by atoms with van der Waals surface area (Å²) >= 11 is 0. The molecule has 2 heteroatoms. The largest absolute Gasteiger partial charge is 0.507 e. The van der Waals surface area contributed by atoms with E-state index in [1.54, 1.807) is 0 Å². The van der Waals surface area contributed by atoms with Gasteiger partial charge in [-0.15, -0.1) is 0 Å². The van der Waals surface area contributed by atoms with Crippen LogP contribution in [0.3, 0.4) is 0 Å². The summed E-state index contributed by atoms with van der Waals surface area (Å²) in [6, 6.07) is 4.39. The third-order valence-electron chi connectivity index (χ3n) is 4.30. The number of rotatable bonds is 2. The van der Waals surface area contributed by atoms with Gasteiger partial charge in [0.1, 0.15) is 5.75 Å². The second kappa shape index (κ2) is 4.69. The lowest BCUT2D eigenvalue weighted by Crippen LogP contribution is -2.28. The Kier molecular flexibility index (Phi) is 3.06. The number of hydrogen-bond acceptors (Lipinski definition) is 2. The molecule has 2 nitrogen and oxygen atoms in total. The van der Waals surface area contributed by atoms with Crippen molar-refractivity contribution in [3.05, 3.63) is 28.8 Å². The number of nitrogens with one attached hydrogen (secondary N) is 1. The Morgan fingerprint density at radius 2 is 2.00 bits per heavy atom. The molecule has 1 saturated heterocycles. The highest BCUT2D eigenvalue weighted by Gasteiger charge is 2.20. The van der Waals surface area contributed by atoms with Crippen LogP contribution >= 0.6 is 0 Å². The fourth-order valence-electron chi connectivity index (χ4n) is 3.26. The quantitative estimate of drug-likeness (QED) is 0.819. The van der Waals surface area contributed by atoms with Crippen LogP contribution in [-0.4, -0.2) is 18.2 Å². The highest BCUT2D eigenvalue weighted by molar-refractivity contribution is 5.47. The van der Waals surface area contributed by atoms with E-state index in [9.17, 15) is 5.11 Å². The maximum absolute atomic E-state index is 10.3. The molecular formula is C15H21NO. The van der Waals surface area contributed by atoms with Crippen LogP contribution in [0.15, 0.2) is 12.1 Å². The second-order valence-corrected chi connectivity index (χ2v) is 5.46. The summed E-state index contributed by atoms with van der Waals surface area (Å²) in [6.45, 7) is 2.27. The van der Waals surface area contributed by atoms with Gasteiger partial charge in [-0.1, -0.05) is 12.1 Å². The predicted molar refractivity (Wildman–Crippen MR) is 69.4 cm³/mol. The molecule has 0 spiro atoms. The molecule has 0 atom stereocenters. The molecule has 0 bridgehead atoms. The van der Waals surface area contributed by atoms with Crippen LogP contribution < -0.4 is 5.32 Å². The van der Waals surface area contributed by atoms with Crippen LogP contribution in [0.1, 0.15) is 36.0 Å². The second-order valence-electron chi connectivity index (χ2n) is 5.46. The summed E-state index contributed by atoms with van der Waals surface area (Å²) in [5.74, 6) is 1.36. The molecule has 0 amide bonds. The van der Waals surface area contributed by atoms with Crippen LogP contribution in [-0.2, 0) is 19.3 Å². The molecule has 1 fully saturated rings. The number of phenolic OH excluding ortho intramolecular Hbond substituents is 1. The van der Waals surface area contributed by atoms with Crippen molar-refractivity contribution in [1.82, 2.24) is 5.32 Å². The van der Waals surface area contributed by atoms with E-state index in [0.717, 1.165) is 38.3 Å². The van der Waals surface area contributed by atoms with Gasteiger partial charge in [-0.3, -0.25) is 0 Å². The Labute approximate surface area is 103 Å². The van der Waals surface area contributed by atoms with Crippen molar-refractivity contribution in [3.63, 3.8) is 0 Å². The van der Waals surface area contributed by atoms with Gasteiger partial charge in [0.2, 0.25) is 0 Å². The normalized spacial score (nSPS) is 20.5. The van der Waals surface area contributed by atoms with Crippen LogP contribution in [0.4, 0.5) is 0 Å². The van der Waals surface area contributed by atoms with Crippen LogP contribution in [0.25, 0.3) is 0 Å². The van der Waals surface area contributed by atoms with Gasteiger partial charge in [0.25, 0.3) is 0 Å². The zero-order valence-corrected chi connectivity index (χ0v) is 10.3. The minimum absolute atomic E-state index is 0.610. The van der Waals surface area contributed by atoms with Gasteiger partial charge in [0.05, 0.1) is 0 Å². The number of phenols is 1. The molecule has 1 aromatic carbocycles. The highest BCUT2D eigenvalue weighted by atomic mass is 16.3. The number of aromatic hydroxyl groups is 1. The van der Waals surface area contributed by atoms with Crippen molar-refractivity contribution in [1.29, 1.82) is 0 Å². The van der Waals surface area contributed by atoms with Crippen molar-refractivity contribution >= 4 is 0 Å². The van der Waals surface area contributed by atoms with Gasteiger partial charge in [-0.05, 0) is 74.2 Å². The molecule has 0 unspecified atom stereocenters. The maximum atomic E-state index is 10.3. The zero-order chi connectivity index (χ0) is 11.7. The minimum atomic E-state index is 0.610. The standard InChI is InChI=1S/C15H21NO/c17-15-13(10-11-6-8-16-9-7-11)5-4-12-2-1-3-14(12)15/h4-5,11,16-17H,1-3,6-10H2. The van der Waals surface area contributed by atoms with Crippen molar-refractivity contribution in [3.8, 4) is 5.75 Å². The van der Waals surface area contributed by atoms with E-state index < -0.39 is 0 Å². The number of piperidine rings is 1.